The first kappa shape index (κ1) is 14.4. The lowest BCUT2D eigenvalue weighted by Gasteiger charge is -2.11. The van der Waals surface area contributed by atoms with Crippen molar-refractivity contribution in [1.82, 2.24) is 9.88 Å². The van der Waals surface area contributed by atoms with Crippen LogP contribution in [0.25, 0.3) is 5.69 Å². The maximum atomic E-state index is 13.6. The molecule has 0 atom stereocenters. The number of nitrogens with one attached hydrogen (secondary N) is 1. The number of imide groups is 1. The molecule has 1 aliphatic rings. The molecule has 1 aliphatic heterocycles. The van der Waals surface area contributed by atoms with Crippen LogP contribution in [0, 0.1) is 15.9 Å². The van der Waals surface area contributed by atoms with E-state index >= 15 is 0 Å². The van der Waals surface area contributed by atoms with E-state index in [-0.39, 0.29) is 16.8 Å². The zero-order valence-electron chi connectivity index (χ0n) is 11.2. The third-order valence-electron chi connectivity index (χ3n) is 3.29. The van der Waals surface area contributed by atoms with Gasteiger partial charge in [0.2, 0.25) is 0 Å². The number of hydrogen-bond donors (Lipinski definition) is 2. The molecule has 0 fully saturated rings. The number of benzene rings is 1. The third-order valence-corrected chi connectivity index (χ3v) is 3.29. The largest absolute Gasteiger partial charge is 0.384 e. The highest BCUT2D eigenvalue weighted by atomic mass is 19.1. The van der Waals surface area contributed by atoms with Crippen molar-refractivity contribution in [2.75, 3.05) is 5.73 Å². The molecule has 10 heteroatoms. The molecule has 0 unspecified atom stereocenters. The van der Waals surface area contributed by atoms with Gasteiger partial charge in [0.25, 0.3) is 23.1 Å². The number of hydrogen-bond acceptors (Lipinski definition) is 6. The molecule has 2 heterocycles. The minimum absolute atomic E-state index is 0.195. The molecule has 0 aliphatic carbocycles. The van der Waals surface area contributed by atoms with Crippen molar-refractivity contribution >= 4 is 23.3 Å². The fourth-order valence-corrected chi connectivity index (χ4v) is 2.34. The van der Waals surface area contributed by atoms with Crippen molar-refractivity contribution in [2.24, 2.45) is 0 Å². The van der Waals surface area contributed by atoms with Crippen LogP contribution in [0.2, 0.25) is 0 Å². The number of nitrogen functional groups attached to an aromatic ring is 1. The molecule has 3 N–H and O–H groups in total. The Morgan fingerprint density at radius 1 is 1.13 bits per heavy atom. The van der Waals surface area contributed by atoms with Crippen LogP contribution in [0.4, 0.5) is 15.9 Å². The molecule has 1 aromatic heterocycles. The zero-order chi connectivity index (χ0) is 16.9. The molecule has 0 saturated heterocycles. The maximum Gasteiger partial charge on any atom is 0.274 e. The number of aromatic nitrogens is 1. The number of nitrogens with zero attached hydrogens (tertiary/aromatic N) is 2. The van der Waals surface area contributed by atoms with E-state index in [9.17, 15) is 28.9 Å². The van der Waals surface area contributed by atoms with Gasteiger partial charge in [-0.15, -0.1) is 0 Å². The van der Waals surface area contributed by atoms with Crippen LogP contribution in [-0.4, -0.2) is 21.3 Å². The smallest absolute Gasteiger partial charge is 0.274 e. The van der Waals surface area contributed by atoms with E-state index < -0.39 is 39.6 Å². The van der Waals surface area contributed by atoms with E-state index in [1.165, 1.54) is 0 Å². The van der Waals surface area contributed by atoms with Crippen molar-refractivity contribution in [1.29, 1.82) is 0 Å². The Morgan fingerprint density at radius 2 is 1.83 bits per heavy atom. The summed E-state index contributed by atoms with van der Waals surface area (Å²) in [5.41, 5.74) is 3.68. The number of nitro groups is 1. The number of pyridine rings is 1. The summed E-state index contributed by atoms with van der Waals surface area (Å²) in [4.78, 5) is 45.4. The van der Waals surface area contributed by atoms with Crippen molar-refractivity contribution in [3.63, 3.8) is 0 Å². The predicted octanol–water partition coefficient (Wildman–Crippen LogP) is 0.351. The first-order valence-electron chi connectivity index (χ1n) is 6.16. The van der Waals surface area contributed by atoms with Gasteiger partial charge < -0.3 is 5.73 Å². The van der Waals surface area contributed by atoms with Crippen LogP contribution in [0.5, 0.6) is 0 Å². The van der Waals surface area contributed by atoms with Gasteiger partial charge in [0.15, 0.2) is 0 Å². The number of amides is 2. The molecule has 3 rings (SSSR count). The quantitative estimate of drug-likeness (QED) is 0.465. The number of nitro benzene ring substituents is 1. The Bertz CT molecular complexity index is 966. The Kier molecular flexibility index (Phi) is 2.96. The highest BCUT2D eigenvalue weighted by molar-refractivity contribution is 6.23. The monoisotopic (exact) mass is 318 g/mol. The normalized spacial score (nSPS) is 12.9. The summed E-state index contributed by atoms with van der Waals surface area (Å²) in [5.74, 6) is -2.94. The summed E-state index contributed by atoms with van der Waals surface area (Å²) >= 11 is 0. The molecule has 2 aromatic rings. The van der Waals surface area contributed by atoms with Crippen molar-refractivity contribution in [2.45, 2.75) is 0 Å². The van der Waals surface area contributed by atoms with Gasteiger partial charge in [0, 0.05) is 12.1 Å². The molecule has 23 heavy (non-hydrogen) atoms. The second kappa shape index (κ2) is 4.73. The topological polar surface area (TPSA) is 137 Å². The van der Waals surface area contributed by atoms with Gasteiger partial charge in [-0.1, -0.05) is 0 Å². The molecule has 9 nitrogen and oxygen atoms in total. The van der Waals surface area contributed by atoms with E-state index in [0.29, 0.717) is 6.07 Å². The van der Waals surface area contributed by atoms with Crippen LogP contribution < -0.4 is 16.6 Å². The highest BCUT2D eigenvalue weighted by Crippen LogP contribution is 2.25. The summed E-state index contributed by atoms with van der Waals surface area (Å²) < 4.78 is 14.3. The molecule has 2 amide bonds. The summed E-state index contributed by atoms with van der Waals surface area (Å²) in [6.45, 7) is 0. The van der Waals surface area contributed by atoms with Gasteiger partial charge in [0.1, 0.15) is 11.6 Å². The van der Waals surface area contributed by atoms with E-state index in [1.807, 2.05) is 5.32 Å². The second-order valence-corrected chi connectivity index (χ2v) is 4.70. The molecule has 1 aromatic carbocycles. The minimum atomic E-state index is -0.957. The molecule has 0 radical (unpaired) electrons. The van der Waals surface area contributed by atoms with Crippen LogP contribution in [-0.2, 0) is 0 Å². The average Bonchev–Trinajstić information content (AvgIpc) is 2.73. The van der Waals surface area contributed by atoms with Gasteiger partial charge in [-0.25, -0.2) is 4.39 Å². The number of rotatable bonds is 2. The summed E-state index contributed by atoms with van der Waals surface area (Å²) in [5, 5.41) is 12.8. The fourth-order valence-electron chi connectivity index (χ4n) is 2.34. The lowest BCUT2D eigenvalue weighted by atomic mass is 10.1. The summed E-state index contributed by atoms with van der Waals surface area (Å²) in [7, 11) is 0. The Labute approximate surface area is 126 Å². The Morgan fingerprint density at radius 3 is 2.48 bits per heavy atom. The van der Waals surface area contributed by atoms with Crippen LogP contribution in [0.15, 0.2) is 29.1 Å². The van der Waals surface area contributed by atoms with E-state index in [1.54, 1.807) is 0 Å². The van der Waals surface area contributed by atoms with E-state index in [0.717, 1.165) is 22.8 Å². The lowest BCUT2D eigenvalue weighted by Crippen LogP contribution is -2.24. The van der Waals surface area contributed by atoms with Crippen molar-refractivity contribution in [3.05, 3.63) is 61.7 Å². The number of carbonyl (C=O) groups is 2. The molecule has 0 saturated carbocycles. The van der Waals surface area contributed by atoms with Crippen LogP contribution >= 0.6 is 0 Å². The highest BCUT2D eigenvalue weighted by Gasteiger charge is 2.32. The number of carbonyl (C=O) groups excluding carboxylic acids is 2. The second-order valence-electron chi connectivity index (χ2n) is 4.70. The van der Waals surface area contributed by atoms with Gasteiger partial charge in [-0.05, 0) is 6.07 Å². The first-order chi connectivity index (χ1) is 10.8. The number of nitrogens with two attached hydrogens (primary N) is 1. The van der Waals surface area contributed by atoms with Crippen LogP contribution in [0.3, 0.4) is 0 Å². The average molecular weight is 318 g/mol. The van der Waals surface area contributed by atoms with Gasteiger partial charge >= 0.3 is 0 Å². The molecular formula is C13H7FN4O5. The molecule has 116 valence electrons. The minimum Gasteiger partial charge on any atom is -0.384 e. The number of halogens is 1. The molecular weight excluding hydrogens is 311 g/mol. The Balaban J connectivity index is 2.33. The fraction of sp³-hybridized carbons (Fsp3) is 0. The SMILES string of the molecule is Nc1c2c(cc(=O)n1-c1cc(F)cc([N+](=O)[O-])c1)C(=O)NC2=O. The summed E-state index contributed by atoms with van der Waals surface area (Å²) in [6, 6.07) is 3.32. The predicted molar refractivity (Wildman–Crippen MR) is 74.9 cm³/mol. The van der Waals surface area contributed by atoms with E-state index in [2.05, 4.69) is 0 Å². The number of fused-ring (bicyclic) bond motifs is 1. The van der Waals surface area contributed by atoms with Gasteiger partial charge in [0.05, 0.1) is 27.8 Å². The van der Waals surface area contributed by atoms with Gasteiger partial charge in [-0.2, -0.15) is 0 Å². The van der Waals surface area contributed by atoms with E-state index in [4.69, 9.17) is 5.73 Å². The number of non-ortho nitro benzene ring substituents is 1. The lowest BCUT2D eigenvalue weighted by molar-refractivity contribution is -0.385. The Hall–Kier alpha value is -3.56. The van der Waals surface area contributed by atoms with Crippen molar-refractivity contribution < 1.29 is 18.9 Å². The summed E-state index contributed by atoms with van der Waals surface area (Å²) in [6.07, 6.45) is 0. The first-order valence-corrected chi connectivity index (χ1v) is 6.16. The van der Waals surface area contributed by atoms with Crippen molar-refractivity contribution in [3.8, 4) is 5.69 Å². The maximum absolute atomic E-state index is 13.6. The van der Waals surface area contributed by atoms with Gasteiger partial charge in [-0.3, -0.25) is 34.4 Å². The molecule has 0 spiro atoms. The molecule has 0 bridgehead atoms. The zero-order valence-corrected chi connectivity index (χ0v) is 11.2. The third kappa shape index (κ3) is 2.12. The standard InChI is InChI=1S/C13H7FN4O5/c14-5-1-6(3-7(2-5)18(22)23)17-9(19)4-8-10(11(17)15)13(21)16-12(8)20/h1-4H,15H2,(H,16,20,21). The van der Waals surface area contributed by atoms with Crippen LogP contribution in [0.1, 0.15) is 20.7 Å². The number of anilines is 1.